The van der Waals surface area contributed by atoms with E-state index >= 15 is 0 Å². The molecule has 2 atom stereocenters. The second-order valence-corrected chi connectivity index (χ2v) is 14.7. The highest BCUT2D eigenvalue weighted by atomic mass is 79.9. The monoisotopic (exact) mass is 874 g/mol. The molecule has 0 radical (unpaired) electrons. The fraction of sp³-hybridized carbons (Fsp3) is 0.368. The van der Waals surface area contributed by atoms with Crippen LogP contribution < -0.4 is 29.6 Å². The summed E-state index contributed by atoms with van der Waals surface area (Å²) >= 11 is 7.03. The maximum Gasteiger partial charge on any atom is 0.326 e. The van der Waals surface area contributed by atoms with Crippen LogP contribution in [0.4, 0.5) is 0 Å². The van der Waals surface area contributed by atoms with Gasteiger partial charge in [-0.25, -0.2) is 0 Å². The van der Waals surface area contributed by atoms with E-state index in [1.54, 1.807) is 12.1 Å². The summed E-state index contributed by atoms with van der Waals surface area (Å²) in [5.41, 5.74) is 4.00. The number of aliphatic hydroxyl groups is 2. The molecule has 4 rings (SSSR count). The largest absolute Gasteiger partial charge is 0.481 e. The smallest absolute Gasteiger partial charge is 0.326 e. The first-order valence-electron chi connectivity index (χ1n) is 16.7. The average Bonchev–Trinajstić information content (AvgIpc) is 3.15. The lowest BCUT2D eigenvalue weighted by Crippen LogP contribution is -2.52. The van der Waals surface area contributed by atoms with Gasteiger partial charge < -0.3 is 39.4 Å². The highest BCUT2D eigenvalue weighted by Gasteiger charge is 2.33. The fourth-order valence-electron chi connectivity index (χ4n) is 5.33. The predicted molar refractivity (Wildman–Crippen MR) is 207 cm³/mol. The van der Waals surface area contributed by atoms with E-state index in [4.69, 9.17) is 18.9 Å². The summed E-state index contributed by atoms with van der Waals surface area (Å²) in [6.45, 7) is 6.22. The summed E-state index contributed by atoms with van der Waals surface area (Å²) < 4.78 is 24.3. The Balaban J connectivity index is 1.50. The zero-order valence-electron chi connectivity index (χ0n) is 30.8. The van der Waals surface area contributed by atoms with E-state index in [9.17, 15) is 30.0 Å². The summed E-state index contributed by atoms with van der Waals surface area (Å²) in [6, 6.07) is 15.5. The van der Waals surface area contributed by atoms with Crippen molar-refractivity contribution < 1.29 is 49.0 Å². The number of aliphatic hydroxyl groups excluding tert-OH is 2. The Morgan fingerprint density at radius 3 is 1.35 bits per heavy atom. The Morgan fingerprint density at radius 2 is 1.04 bits per heavy atom. The third kappa shape index (κ3) is 9.67. The van der Waals surface area contributed by atoms with Crippen LogP contribution in [0.2, 0.25) is 0 Å². The highest BCUT2D eigenvalue weighted by Crippen LogP contribution is 2.35. The van der Waals surface area contributed by atoms with Gasteiger partial charge in [0.05, 0.1) is 36.4 Å². The number of pyridine rings is 2. The number of aromatic nitrogens is 2. The fourth-order valence-corrected chi connectivity index (χ4v) is 6.29. The van der Waals surface area contributed by atoms with Gasteiger partial charge in [0.15, 0.2) is 0 Å². The molecular weight excluding hydrogens is 832 g/mol. The number of nitrogens with one attached hydrogen (secondary N) is 2. The number of nitrogens with zero attached hydrogens (tertiary/aromatic N) is 2. The van der Waals surface area contributed by atoms with E-state index in [0.29, 0.717) is 31.8 Å². The Bertz CT molecular complexity index is 1860. The van der Waals surface area contributed by atoms with Gasteiger partial charge in [0.1, 0.15) is 24.3 Å². The molecule has 16 heteroatoms. The van der Waals surface area contributed by atoms with E-state index in [1.807, 2.05) is 50.2 Å². The van der Waals surface area contributed by atoms with Crippen molar-refractivity contribution in [3.63, 3.8) is 0 Å². The van der Waals surface area contributed by atoms with Crippen LogP contribution in [0.1, 0.15) is 47.2 Å². The molecule has 0 aliphatic rings. The molecule has 0 fully saturated rings. The first kappa shape index (κ1) is 42.4. The van der Waals surface area contributed by atoms with Crippen LogP contribution in [-0.4, -0.2) is 80.8 Å². The Hall–Kier alpha value is -4.32. The van der Waals surface area contributed by atoms with E-state index in [0.717, 1.165) is 33.4 Å². The SMILES string of the molecule is COc1nc(OCc2cccc(-c3cccc(COc4nc(OC)c(CNC(C)(CO)C(=O)O)cc4Br)c3C)c2C)c(Br)cc1CNC(C)(CO)C(=O)O. The molecule has 0 spiro atoms. The first-order valence-corrected chi connectivity index (χ1v) is 18.3. The number of methoxy groups -OCH3 is 2. The third-order valence-corrected chi connectivity index (χ3v) is 10.3. The minimum absolute atomic E-state index is 0.0802. The zero-order chi connectivity index (χ0) is 39.8. The van der Waals surface area contributed by atoms with Gasteiger partial charge in [-0.2, -0.15) is 9.97 Å². The molecule has 2 aromatic carbocycles. The number of carboxylic acid groups (broad SMARTS) is 2. The van der Waals surface area contributed by atoms with Gasteiger partial charge in [-0.3, -0.25) is 20.2 Å². The molecule has 0 saturated carbocycles. The van der Waals surface area contributed by atoms with Crippen molar-refractivity contribution in [1.29, 1.82) is 0 Å². The average molecular weight is 877 g/mol. The first-order chi connectivity index (χ1) is 25.6. The number of aliphatic carboxylic acids is 2. The number of ether oxygens (including phenoxy) is 4. The summed E-state index contributed by atoms with van der Waals surface area (Å²) in [7, 11) is 2.92. The van der Waals surface area contributed by atoms with E-state index in [-0.39, 0.29) is 38.1 Å². The topological polar surface area (TPSA) is 202 Å². The highest BCUT2D eigenvalue weighted by molar-refractivity contribution is 9.10. The van der Waals surface area contributed by atoms with Crippen molar-refractivity contribution in [3.05, 3.63) is 90.9 Å². The number of carboxylic acids is 2. The summed E-state index contributed by atoms with van der Waals surface area (Å²) in [6.07, 6.45) is 0. The summed E-state index contributed by atoms with van der Waals surface area (Å²) in [5.74, 6) is -1.27. The second kappa shape index (κ2) is 18.3. The van der Waals surface area contributed by atoms with Gasteiger partial charge in [-0.15, -0.1) is 0 Å². The number of carbonyl (C=O) groups is 2. The Morgan fingerprint density at radius 1 is 0.667 bits per heavy atom. The second-order valence-electron chi connectivity index (χ2n) is 12.9. The van der Waals surface area contributed by atoms with Crippen molar-refractivity contribution in [3.8, 4) is 34.6 Å². The van der Waals surface area contributed by atoms with Gasteiger partial charge >= 0.3 is 11.9 Å². The number of hydrogen-bond acceptors (Lipinski definition) is 12. The number of benzene rings is 2. The van der Waals surface area contributed by atoms with Gasteiger partial charge in [-0.05, 0) is 105 Å². The molecule has 2 unspecified atom stereocenters. The van der Waals surface area contributed by atoms with Gasteiger partial charge in [0, 0.05) is 24.2 Å². The molecule has 0 amide bonds. The number of hydrogen-bond donors (Lipinski definition) is 6. The van der Waals surface area contributed by atoms with Crippen LogP contribution in [-0.2, 0) is 35.9 Å². The van der Waals surface area contributed by atoms with Crippen LogP contribution in [0.15, 0.2) is 57.5 Å². The van der Waals surface area contributed by atoms with Crippen molar-refractivity contribution in [2.75, 3.05) is 27.4 Å². The molecule has 2 heterocycles. The molecule has 4 aromatic rings. The van der Waals surface area contributed by atoms with Gasteiger partial charge in [-0.1, -0.05) is 36.4 Å². The number of halogens is 2. The third-order valence-electron chi connectivity index (χ3n) is 9.18. The van der Waals surface area contributed by atoms with E-state index < -0.39 is 36.2 Å². The lowest BCUT2D eigenvalue weighted by molar-refractivity contribution is -0.146. The predicted octanol–water partition coefficient (Wildman–Crippen LogP) is 5.31. The molecule has 54 heavy (non-hydrogen) atoms. The Kier molecular flexibility index (Phi) is 14.4. The standard InChI is InChI=1S/C38H44Br2N4O10/c1-21-23(17-53-33-29(39)13-25(31(43-33)51-5)15-41-37(3,19-45)35(47)48)9-7-11-27(21)28-12-8-10-24(22(28)2)18-54-34-30(40)14-26(32(44-34)52-6)16-42-38(4,20-46)36(49)50/h7-14,41-42,45-46H,15-20H2,1-6H3,(H,47,48)(H,49,50). The Labute approximate surface area is 330 Å². The summed E-state index contributed by atoms with van der Waals surface area (Å²) in [4.78, 5) is 32.2. The molecule has 0 bridgehead atoms. The number of rotatable bonds is 19. The van der Waals surface area contributed by atoms with E-state index in [1.165, 1.54) is 28.1 Å². The van der Waals surface area contributed by atoms with Crippen LogP contribution >= 0.6 is 31.9 Å². The molecular formula is C38H44Br2N4O10. The minimum Gasteiger partial charge on any atom is -0.481 e. The van der Waals surface area contributed by atoms with Gasteiger partial charge in [0.2, 0.25) is 23.5 Å². The van der Waals surface area contributed by atoms with Crippen LogP contribution in [0.5, 0.6) is 23.5 Å². The molecule has 14 nitrogen and oxygen atoms in total. The minimum atomic E-state index is -1.54. The zero-order valence-corrected chi connectivity index (χ0v) is 33.9. The van der Waals surface area contributed by atoms with Crippen molar-refractivity contribution in [2.24, 2.45) is 0 Å². The van der Waals surface area contributed by atoms with E-state index in [2.05, 4.69) is 52.5 Å². The van der Waals surface area contributed by atoms with Crippen molar-refractivity contribution in [2.45, 2.75) is 65.1 Å². The molecule has 0 aliphatic carbocycles. The molecule has 290 valence electrons. The van der Waals surface area contributed by atoms with Crippen molar-refractivity contribution in [1.82, 2.24) is 20.6 Å². The van der Waals surface area contributed by atoms with Crippen LogP contribution in [0.3, 0.4) is 0 Å². The molecule has 2 aromatic heterocycles. The molecule has 6 N–H and O–H groups in total. The quantitative estimate of drug-likeness (QED) is 0.0708. The lowest BCUT2D eigenvalue weighted by atomic mass is 9.92. The molecule has 0 saturated heterocycles. The van der Waals surface area contributed by atoms with Crippen molar-refractivity contribution >= 4 is 43.8 Å². The lowest BCUT2D eigenvalue weighted by Gasteiger charge is -2.24. The maximum atomic E-state index is 11.6. The van der Waals surface area contributed by atoms with Gasteiger partial charge in [0.25, 0.3) is 0 Å². The normalized spacial score (nSPS) is 13.4. The van der Waals surface area contributed by atoms with Crippen LogP contribution in [0, 0.1) is 13.8 Å². The maximum absolute atomic E-state index is 11.6. The summed E-state index contributed by atoms with van der Waals surface area (Å²) in [5, 5.41) is 43.8. The van der Waals surface area contributed by atoms with Crippen LogP contribution in [0.25, 0.3) is 11.1 Å². The molecule has 0 aliphatic heterocycles.